The molecule has 15 nitrogen and oxygen atoms in total. The summed E-state index contributed by atoms with van der Waals surface area (Å²) in [6.45, 7) is 0.171. The van der Waals surface area contributed by atoms with Crippen LogP contribution in [0.15, 0.2) is 0 Å². The number of carboxylic acid groups (broad SMARTS) is 1. The van der Waals surface area contributed by atoms with Gasteiger partial charge in [-0.1, -0.05) is 5.21 Å². The third-order valence-electron chi connectivity index (χ3n) is 5.06. The van der Waals surface area contributed by atoms with Crippen LogP contribution in [-0.2, 0) is 40.4 Å². The molecular formula is C20H33N7O8S. The summed E-state index contributed by atoms with van der Waals surface area (Å²) >= 11 is 0. The third-order valence-corrected chi connectivity index (χ3v) is 6.42. The molecule has 1 heterocycles. The third kappa shape index (κ3) is 14.1. The summed E-state index contributed by atoms with van der Waals surface area (Å²) in [4.78, 5) is 58.2. The maximum absolute atomic E-state index is 12.0. The number of aryl methyl sites for hydroxylation is 1. The van der Waals surface area contributed by atoms with Crippen LogP contribution in [0.3, 0.4) is 0 Å². The van der Waals surface area contributed by atoms with Crippen LogP contribution >= 0.6 is 0 Å². The van der Waals surface area contributed by atoms with Crippen molar-refractivity contribution in [3.8, 4) is 0 Å². The number of aromatic nitrogens is 4. The average molecular weight is 532 g/mol. The molecule has 0 radical (unpaired) electrons. The largest absolute Gasteiger partial charge is 0.481 e. The number of Topliss-reactive ketones (excluding diaryl/α,β-unsaturated/α-hetero) is 1. The van der Waals surface area contributed by atoms with Crippen molar-refractivity contribution in [1.82, 2.24) is 36.0 Å². The lowest BCUT2D eigenvalue weighted by Crippen LogP contribution is -2.33. The number of rotatable bonds is 19. The number of aromatic amines is 1. The van der Waals surface area contributed by atoms with E-state index in [0.717, 1.165) is 0 Å². The van der Waals surface area contributed by atoms with E-state index < -0.39 is 39.5 Å². The lowest BCUT2D eigenvalue weighted by atomic mass is 9.95. The first kappa shape index (κ1) is 30.6. The van der Waals surface area contributed by atoms with E-state index in [-0.39, 0.29) is 63.2 Å². The van der Waals surface area contributed by atoms with Gasteiger partial charge in [-0.3, -0.25) is 28.7 Å². The lowest BCUT2D eigenvalue weighted by Gasteiger charge is -2.11. The Bertz CT molecular complexity index is 982. The molecule has 1 aromatic rings. The van der Waals surface area contributed by atoms with Gasteiger partial charge >= 0.3 is 5.97 Å². The highest BCUT2D eigenvalue weighted by molar-refractivity contribution is 7.90. The average Bonchev–Trinajstić information content (AvgIpc) is 3.32. The number of carboxylic acids is 1. The first-order valence-corrected chi connectivity index (χ1v) is 13.1. The van der Waals surface area contributed by atoms with E-state index >= 15 is 0 Å². The number of nitrogens with one attached hydrogen (secondary N) is 4. The molecule has 16 heteroatoms. The molecule has 1 aromatic heterocycles. The van der Waals surface area contributed by atoms with Gasteiger partial charge in [0.2, 0.25) is 27.7 Å². The van der Waals surface area contributed by atoms with E-state index in [1.54, 1.807) is 0 Å². The summed E-state index contributed by atoms with van der Waals surface area (Å²) in [5, 5.41) is 27.3. The van der Waals surface area contributed by atoms with Gasteiger partial charge in [-0.25, -0.2) is 8.42 Å². The molecule has 0 aliphatic heterocycles. The molecule has 0 aliphatic carbocycles. The maximum Gasteiger partial charge on any atom is 0.306 e. The van der Waals surface area contributed by atoms with Crippen molar-refractivity contribution in [2.75, 3.05) is 19.3 Å². The summed E-state index contributed by atoms with van der Waals surface area (Å²) in [5.74, 6) is -3.72. The second kappa shape index (κ2) is 16.3. The molecule has 0 fully saturated rings. The Balaban J connectivity index is 2.18. The van der Waals surface area contributed by atoms with Crippen LogP contribution in [0.25, 0.3) is 0 Å². The molecule has 0 aromatic carbocycles. The summed E-state index contributed by atoms with van der Waals surface area (Å²) in [6, 6.07) is 0. The van der Waals surface area contributed by atoms with Crippen LogP contribution in [0, 0.1) is 5.92 Å². The number of aliphatic carboxylic acids is 1. The highest BCUT2D eigenvalue weighted by atomic mass is 32.2. The van der Waals surface area contributed by atoms with Crippen molar-refractivity contribution in [3.63, 3.8) is 0 Å². The fourth-order valence-electron chi connectivity index (χ4n) is 3.12. The summed E-state index contributed by atoms with van der Waals surface area (Å²) < 4.78 is 25.9. The van der Waals surface area contributed by atoms with Gasteiger partial charge in [-0.15, -0.1) is 10.2 Å². The topological polar surface area (TPSA) is 230 Å². The van der Waals surface area contributed by atoms with Crippen molar-refractivity contribution in [1.29, 1.82) is 0 Å². The van der Waals surface area contributed by atoms with Gasteiger partial charge in [-0.05, 0) is 25.7 Å². The Morgan fingerprint density at radius 3 is 2.33 bits per heavy atom. The van der Waals surface area contributed by atoms with E-state index in [0.29, 0.717) is 25.1 Å². The van der Waals surface area contributed by atoms with Gasteiger partial charge in [0.25, 0.3) is 0 Å². The molecule has 1 rings (SSSR count). The maximum atomic E-state index is 12.0. The predicted molar refractivity (Wildman–Crippen MR) is 125 cm³/mol. The SMILES string of the molecule is CNC(=O)CCC(CC(=O)CCCNC(=O)CCCS(=O)(=O)NC(=O)CCCc1nn[nH]n1)C(=O)O. The smallest absolute Gasteiger partial charge is 0.306 e. The summed E-state index contributed by atoms with van der Waals surface area (Å²) in [6.07, 6.45) is 0.839. The van der Waals surface area contributed by atoms with Crippen molar-refractivity contribution >= 4 is 39.5 Å². The van der Waals surface area contributed by atoms with Gasteiger partial charge in [0.15, 0.2) is 5.82 Å². The molecule has 0 aliphatic rings. The molecule has 0 saturated heterocycles. The predicted octanol–water partition coefficient (Wildman–Crippen LogP) is -1.17. The van der Waals surface area contributed by atoms with E-state index in [9.17, 15) is 37.5 Å². The Hall–Kier alpha value is -3.43. The minimum Gasteiger partial charge on any atom is -0.481 e. The quantitative estimate of drug-likeness (QED) is 0.133. The van der Waals surface area contributed by atoms with E-state index in [1.165, 1.54) is 7.05 Å². The summed E-state index contributed by atoms with van der Waals surface area (Å²) in [5.41, 5.74) is 0. The number of ketones is 1. The van der Waals surface area contributed by atoms with Gasteiger partial charge < -0.3 is 15.7 Å². The monoisotopic (exact) mass is 531 g/mol. The van der Waals surface area contributed by atoms with Crippen LogP contribution in [-0.4, -0.2) is 83.0 Å². The zero-order chi connectivity index (χ0) is 27.0. The fraction of sp³-hybridized carbons (Fsp3) is 0.700. The molecular weight excluding hydrogens is 498 g/mol. The highest BCUT2D eigenvalue weighted by Crippen LogP contribution is 2.14. The van der Waals surface area contributed by atoms with Crippen molar-refractivity contribution in [3.05, 3.63) is 5.82 Å². The molecule has 1 unspecified atom stereocenters. The van der Waals surface area contributed by atoms with Crippen LogP contribution in [0.4, 0.5) is 0 Å². The fourth-order valence-corrected chi connectivity index (χ4v) is 4.19. The Kier molecular flexibility index (Phi) is 13.8. The van der Waals surface area contributed by atoms with Gasteiger partial charge in [0.1, 0.15) is 5.78 Å². The second-order valence-corrected chi connectivity index (χ2v) is 9.91. The Morgan fingerprint density at radius 2 is 1.69 bits per heavy atom. The molecule has 0 bridgehead atoms. The molecule has 0 spiro atoms. The van der Waals surface area contributed by atoms with Crippen molar-refractivity contribution < 1.29 is 37.5 Å². The summed E-state index contributed by atoms with van der Waals surface area (Å²) in [7, 11) is -2.43. The number of hydrogen-bond donors (Lipinski definition) is 5. The second-order valence-electron chi connectivity index (χ2n) is 8.07. The molecule has 1 atom stereocenters. The number of carbonyl (C=O) groups excluding carboxylic acids is 4. The highest BCUT2D eigenvalue weighted by Gasteiger charge is 2.22. The van der Waals surface area contributed by atoms with Gasteiger partial charge in [0.05, 0.1) is 11.7 Å². The number of sulfonamides is 1. The van der Waals surface area contributed by atoms with E-state index in [2.05, 4.69) is 31.3 Å². The molecule has 202 valence electrons. The normalized spacial score (nSPS) is 11.9. The zero-order valence-electron chi connectivity index (χ0n) is 20.1. The number of nitrogens with zero attached hydrogens (tertiary/aromatic N) is 3. The van der Waals surface area contributed by atoms with Crippen LogP contribution in [0.5, 0.6) is 0 Å². The molecule has 0 saturated carbocycles. The van der Waals surface area contributed by atoms with E-state index in [4.69, 9.17) is 0 Å². The van der Waals surface area contributed by atoms with Crippen molar-refractivity contribution in [2.24, 2.45) is 5.92 Å². The molecule has 36 heavy (non-hydrogen) atoms. The zero-order valence-corrected chi connectivity index (χ0v) is 20.9. The number of amides is 3. The van der Waals surface area contributed by atoms with Gasteiger partial charge in [-0.2, -0.15) is 5.21 Å². The number of tetrazole rings is 1. The number of carbonyl (C=O) groups is 5. The lowest BCUT2D eigenvalue weighted by molar-refractivity contribution is -0.144. The first-order valence-electron chi connectivity index (χ1n) is 11.5. The first-order chi connectivity index (χ1) is 17.0. The minimum atomic E-state index is -3.87. The minimum absolute atomic E-state index is 0.00185. The standard InChI is InChI=1S/C20H33N7O8S/c1-21-17(29)10-9-14(20(32)33)13-15(28)5-3-11-22-18(30)8-4-12-36(34,35)25-19(31)7-2-6-16-23-26-27-24-16/h14H,2-13H2,1H3,(H,21,29)(H,22,30)(H,25,31)(H,32,33)(H,23,24,26,27). The number of H-pyrrole nitrogens is 1. The number of hydrogen-bond acceptors (Lipinski definition) is 10. The van der Waals surface area contributed by atoms with Crippen LogP contribution < -0.4 is 15.4 Å². The van der Waals surface area contributed by atoms with Crippen molar-refractivity contribution in [2.45, 2.75) is 64.2 Å². The van der Waals surface area contributed by atoms with Gasteiger partial charge in [0, 0.05) is 52.1 Å². The Morgan fingerprint density at radius 1 is 0.972 bits per heavy atom. The van der Waals surface area contributed by atoms with Crippen LogP contribution in [0.1, 0.15) is 63.6 Å². The Labute approximate surface area is 208 Å². The molecule has 3 amide bonds. The molecule has 5 N–H and O–H groups in total. The van der Waals surface area contributed by atoms with E-state index in [1.807, 2.05) is 4.72 Å². The van der Waals surface area contributed by atoms with Crippen LogP contribution in [0.2, 0.25) is 0 Å².